The summed E-state index contributed by atoms with van der Waals surface area (Å²) in [5.41, 5.74) is 0. The van der Waals surface area contributed by atoms with Crippen molar-refractivity contribution < 1.29 is 12.5 Å². The first-order valence-electron chi connectivity index (χ1n) is 1.22. The van der Waals surface area contributed by atoms with E-state index in [9.17, 15) is 0 Å². The van der Waals surface area contributed by atoms with Crippen LogP contribution in [0.4, 0.5) is 0 Å². The highest BCUT2D eigenvalue weighted by Crippen LogP contribution is 1.20. The van der Waals surface area contributed by atoms with Crippen molar-refractivity contribution in [3.63, 3.8) is 0 Å². The van der Waals surface area contributed by atoms with Crippen LogP contribution in [-0.4, -0.2) is 29.4 Å². The Morgan fingerprint density at radius 2 is 1.33 bits per heavy atom. The van der Waals surface area contributed by atoms with Gasteiger partial charge in [0.1, 0.15) is 32.5 Å². The van der Waals surface area contributed by atoms with E-state index >= 15 is 0 Å². The summed E-state index contributed by atoms with van der Waals surface area (Å²) < 4.78 is 21.3. The third-order valence-corrected chi connectivity index (χ3v) is 0. The van der Waals surface area contributed by atoms with Crippen LogP contribution in [0.1, 0.15) is 0 Å². The lowest BCUT2D eigenvalue weighted by atomic mass is 15.8. The molecule has 0 rings (SSSR count). The molecule has 0 bridgehead atoms. The van der Waals surface area contributed by atoms with E-state index in [-0.39, 0.29) is 0 Å². The first-order valence-corrected chi connectivity index (χ1v) is 3.67. The van der Waals surface area contributed by atoms with Gasteiger partial charge < -0.3 is 4.12 Å². The third kappa shape index (κ3) is 411. The summed E-state index contributed by atoms with van der Waals surface area (Å²) in [6, 6.07) is 0. The second kappa shape index (κ2) is 18.4. The molecule has 0 atom stereocenters. The normalized spacial score (nSPS) is 6.67. The van der Waals surface area contributed by atoms with Gasteiger partial charge in [-0.3, -0.25) is 0 Å². The Morgan fingerprint density at radius 1 is 1.33 bits per heavy atom. The summed E-state index contributed by atoms with van der Waals surface area (Å²) >= 11 is -1.42. The van der Waals surface area contributed by atoms with E-state index in [1.807, 2.05) is 0 Å². The van der Waals surface area contributed by atoms with E-state index in [0.717, 1.165) is 21.0 Å². The van der Waals surface area contributed by atoms with Crippen LogP contribution in [0.15, 0.2) is 0 Å². The van der Waals surface area contributed by atoms with Crippen molar-refractivity contribution in [3.8, 4) is 0 Å². The van der Waals surface area contributed by atoms with E-state index in [1.54, 1.807) is 0 Å². The van der Waals surface area contributed by atoms with Crippen molar-refractivity contribution in [2.45, 2.75) is 0 Å². The minimum atomic E-state index is -1.42. The summed E-state index contributed by atoms with van der Waals surface area (Å²) in [5.74, 6) is 0. The first kappa shape index (κ1) is 9.60. The molecule has 0 radical (unpaired) electrons. The fourth-order valence-electron chi connectivity index (χ4n) is 0. The quantitative estimate of drug-likeness (QED) is 0.329. The zero-order valence-electron chi connectivity index (χ0n) is 3.72. The minimum absolute atomic E-state index is 0.931. The van der Waals surface area contributed by atoms with Crippen molar-refractivity contribution in [2.24, 2.45) is 0 Å². The predicted molar refractivity (Wildman–Crippen MR) is 32.7 cm³/mol. The summed E-state index contributed by atoms with van der Waals surface area (Å²) in [6.45, 7) is 0. The molecule has 0 aromatic heterocycles. The lowest BCUT2D eigenvalue weighted by molar-refractivity contribution is 0.630. The Balaban J connectivity index is 0. The molecule has 0 aliphatic heterocycles. The average molecular weight is 144 g/mol. The molecule has 3 nitrogen and oxygen atoms in total. The van der Waals surface area contributed by atoms with Gasteiger partial charge in [0.25, 0.3) is 0 Å². The molecule has 0 unspecified atom stereocenters. The Bertz CT molecular complexity index is 38.1. The highest BCUT2D eigenvalue weighted by molar-refractivity contribution is 7.51. The van der Waals surface area contributed by atoms with Crippen molar-refractivity contribution >= 4 is 32.5 Å². The topological polar surface area (TPSA) is 43.4 Å². The molecule has 0 saturated heterocycles. The Kier molecular flexibility index (Phi) is 29.4. The zero-order chi connectivity index (χ0) is 5.41. The molecule has 0 aromatic rings. The number of hydrogen-bond acceptors (Lipinski definition) is 3. The molecule has 0 aliphatic rings. The second-order valence-corrected chi connectivity index (χ2v) is 3.92. The van der Waals surface area contributed by atoms with Gasteiger partial charge in [0.05, 0.1) is 0 Å². The maximum Gasteiger partial charge on any atom is 0.129 e. The Labute approximate surface area is 45.8 Å². The summed E-state index contributed by atoms with van der Waals surface area (Å²) in [6.07, 6.45) is 0. The fourth-order valence-corrected chi connectivity index (χ4v) is 0. The van der Waals surface area contributed by atoms with Crippen molar-refractivity contribution in [1.82, 2.24) is 0 Å². The third-order valence-electron chi connectivity index (χ3n) is 0. The maximum atomic E-state index is 8.40. The molecule has 0 aromatic carbocycles. The molecular weight excluding hydrogens is 136 g/mol. The van der Waals surface area contributed by atoms with Crippen LogP contribution >= 0.6 is 0 Å². The smallest absolute Gasteiger partial charge is 0.129 e. The van der Waals surface area contributed by atoms with Gasteiger partial charge >= 0.3 is 0 Å². The van der Waals surface area contributed by atoms with Crippen LogP contribution in [0.3, 0.4) is 0 Å². The van der Waals surface area contributed by atoms with Gasteiger partial charge in [0, 0.05) is 0 Å². The van der Waals surface area contributed by atoms with Gasteiger partial charge in [-0.1, -0.05) is 0 Å². The molecule has 0 saturated carbocycles. The number of rotatable bonds is 0. The van der Waals surface area contributed by atoms with Gasteiger partial charge in [-0.2, -0.15) is 0 Å². The van der Waals surface area contributed by atoms with Gasteiger partial charge in [0.15, 0.2) is 0 Å². The lowest BCUT2D eigenvalue weighted by Gasteiger charge is -1.62. The predicted octanol–water partition coefficient (Wildman–Crippen LogP) is -3.64. The molecule has 0 spiro atoms. The van der Waals surface area contributed by atoms with E-state index < -0.39 is 11.6 Å². The molecule has 0 amide bonds. The lowest BCUT2D eigenvalue weighted by Crippen LogP contribution is -1.65. The average Bonchev–Trinajstić information content (AvgIpc) is 1.39. The molecule has 6 heavy (non-hydrogen) atoms. The summed E-state index contributed by atoms with van der Waals surface area (Å²) in [4.78, 5) is 0. The van der Waals surface area contributed by atoms with Crippen LogP contribution in [-0.2, 0) is 15.7 Å². The molecular formula is H8O3SSi2. The van der Waals surface area contributed by atoms with Crippen LogP contribution in [0, 0.1) is 0 Å². The molecule has 0 N–H and O–H groups in total. The fraction of sp³-hybridized carbons (Fsp3) is 0. The standard InChI is InChI=1S/H2O2S.H6OSi2/c1-3-2;2-1-3/h3H2;2-3H3. The van der Waals surface area contributed by atoms with Crippen molar-refractivity contribution in [2.75, 3.05) is 0 Å². The molecule has 6 heteroatoms. The molecule has 40 valence electrons. The van der Waals surface area contributed by atoms with Crippen LogP contribution < -0.4 is 0 Å². The monoisotopic (exact) mass is 144 g/mol. The first-order chi connectivity index (χ1) is 2.83. The van der Waals surface area contributed by atoms with Crippen LogP contribution in [0.2, 0.25) is 0 Å². The van der Waals surface area contributed by atoms with Gasteiger partial charge in [0.2, 0.25) is 0 Å². The van der Waals surface area contributed by atoms with Crippen LogP contribution in [0.5, 0.6) is 0 Å². The van der Waals surface area contributed by atoms with E-state index in [0.29, 0.717) is 0 Å². The van der Waals surface area contributed by atoms with Crippen LogP contribution in [0.25, 0.3) is 0 Å². The molecule has 0 aliphatic carbocycles. The van der Waals surface area contributed by atoms with Gasteiger partial charge in [-0.25, -0.2) is 8.42 Å². The molecule has 0 fully saturated rings. The van der Waals surface area contributed by atoms with E-state index in [4.69, 9.17) is 8.42 Å². The van der Waals surface area contributed by atoms with E-state index in [2.05, 4.69) is 4.12 Å². The van der Waals surface area contributed by atoms with Gasteiger partial charge in [-0.15, -0.1) is 0 Å². The largest absolute Gasteiger partial charge is 0.471 e. The van der Waals surface area contributed by atoms with Crippen molar-refractivity contribution in [1.29, 1.82) is 0 Å². The SMILES string of the molecule is O=[SH2]=O.[SiH3]O[SiH3]. The van der Waals surface area contributed by atoms with Gasteiger partial charge in [-0.05, 0) is 0 Å². The highest BCUT2D eigenvalue weighted by atomic mass is 32.1. The Hall–Kier alpha value is 0.344. The van der Waals surface area contributed by atoms with E-state index in [1.165, 1.54) is 0 Å². The maximum absolute atomic E-state index is 8.40. The Morgan fingerprint density at radius 3 is 1.33 bits per heavy atom. The highest BCUT2D eigenvalue weighted by Gasteiger charge is 1.28. The number of hydrogen-bond donors (Lipinski definition) is 0. The summed E-state index contributed by atoms with van der Waals surface area (Å²) in [5, 5.41) is 0. The minimum Gasteiger partial charge on any atom is -0.471 e. The molecule has 0 heterocycles. The van der Waals surface area contributed by atoms with Crippen molar-refractivity contribution in [3.05, 3.63) is 0 Å². The summed E-state index contributed by atoms with van der Waals surface area (Å²) in [7, 11) is 1.86. The second-order valence-electron chi connectivity index (χ2n) is 0.492. The zero-order valence-corrected chi connectivity index (χ0v) is 8.72.